The van der Waals surface area contributed by atoms with E-state index in [0.29, 0.717) is 19.6 Å². The van der Waals surface area contributed by atoms with E-state index in [9.17, 15) is 9.18 Å². The van der Waals surface area contributed by atoms with Crippen molar-refractivity contribution in [1.82, 2.24) is 9.88 Å². The smallest absolute Gasteiger partial charge is 0.410 e. The van der Waals surface area contributed by atoms with Crippen molar-refractivity contribution in [2.75, 3.05) is 18.0 Å². The van der Waals surface area contributed by atoms with Gasteiger partial charge in [0, 0.05) is 49.3 Å². The molecule has 1 saturated heterocycles. The summed E-state index contributed by atoms with van der Waals surface area (Å²) in [4.78, 5) is 21.2. The molecule has 0 radical (unpaired) electrons. The molecule has 1 aromatic heterocycles. The summed E-state index contributed by atoms with van der Waals surface area (Å²) < 4.78 is 19.3. The molecule has 5 nitrogen and oxygen atoms in total. The minimum absolute atomic E-state index is 0.205. The topological polar surface area (TPSA) is 45.7 Å². The van der Waals surface area contributed by atoms with Gasteiger partial charge in [-0.05, 0) is 113 Å². The summed E-state index contributed by atoms with van der Waals surface area (Å²) in [6, 6.07) is 13.5. The number of ether oxygens (including phenoxy) is 1. The Kier molecular flexibility index (Phi) is 7.86. The third-order valence-electron chi connectivity index (χ3n) is 7.12. The number of piperidine rings is 1. The summed E-state index contributed by atoms with van der Waals surface area (Å²) >= 11 is 0. The predicted molar refractivity (Wildman–Crippen MR) is 147 cm³/mol. The minimum atomic E-state index is -0.513. The third kappa shape index (κ3) is 6.68. The molecule has 6 heteroatoms. The standard InChI is InChI=1S/C31H38FN3O2/c1-21-15-25(16-22(2)23(21)3)26-17-24(18-33-19-26)20-35(28-9-7-27(32)8-10-28)29-11-13-34(14-12-29)30(36)37-31(4,5)6/h7-10,15-19,29H,11-14,20H2,1-6H3. The van der Waals surface area contributed by atoms with Gasteiger partial charge in [-0.25, -0.2) is 9.18 Å². The normalized spacial score (nSPS) is 14.5. The number of aromatic nitrogens is 1. The Morgan fingerprint density at radius 3 is 2.22 bits per heavy atom. The monoisotopic (exact) mass is 503 g/mol. The van der Waals surface area contributed by atoms with Crippen LogP contribution in [-0.2, 0) is 11.3 Å². The highest BCUT2D eigenvalue weighted by Gasteiger charge is 2.30. The summed E-state index contributed by atoms with van der Waals surface area (Å²) in [5, 5.41) is 0. The van der Waals surface area contributed by atoms with Crippen molar-refractivity contribution in [1.29, 1.82) is 0 Å². The number of benzene rings is 2. The van der Waals surface area contributed by atoms with E-state index in [1.807, 2.05) is 45.3 Å². The number of carbonyl (C=O) groups is 1. The number of nitrogens with zero attached hydrogens (tertiary/aromatic N) is 3. The highest BCUT2D eigenvalue weighted by Crippen LogP contribution is 2.29. The average molecular weight is 504 g/mol. The summed E-state index contributed by atoms with van der Waals surface area (Å²) in [5.41, 5.74) is 7.64. The molecule has 0 N–H and O–H groups in total. The van der Waals surface area contributed by atoms with Gasteiger partial charge in [0.1, 0.15) is 11.4 Å². The first-order chi connectivity index (χ1) is 17.5. The molecular weight excluding hydrogens is 465 g/mol. The van der Waals surface area contributed by atoms with Gasteiger partial charge in [0.15, 0.2) is 0 Å². The molecule has 0 atom stereocenters. The first-order valence-electron chi connectivity index (χ1n) is 13.0. The Morgan fingerprint density at radius 2 is 1.62 bits per heavy atom. The van der Waals surface area contributed by atoms with Crippen LogP contribution in [0.5, 0.6) is 0 Å². The van der Waals surface area contributed by atoms with E-state index in [0.717, 1.165) is 35.2 Å². The number of aryl methyl sites for hydroxylation is 2. The third-order valence-corrected chi connectivity index (χ3v) is 7.12. The molecule has 1 aliphatic heterocycles. The summed E-state index contributed by atoms with van der Waals surface area (Å²) in [5.74, 6) is -0.253. The molecule has 0 saturated carbocycles. The Labute approximate surface area is 220 Å². The maximum Gasteiger partial charge on any atom is 0.410 e. The summed E-state index contributed by atoms with van der Waals surface area (Å²) in [6.07, 6.45) is 5.17. The number of rotatable bonds is 5. The van der Waals surface area contributed by atoms with Gasteiger partial charge in [-0.2, -0.15) is 0 Å². The van der Waals surface area contributed by atoms with Gasteiger partial charge in [-0.15, -0.1) is 0 Å². The maximum absolute atomic E-state index is 13.7. The zero-order valence-electron chi connectivity index (χ0n) is 22.8. The highest BCUT2D eigenvalue weighted by molar-refractivity contribution is 5.68. The van der Waals surface area contributed by atoms with Crippen LogP contribution in [0, 0.1) is 26.6 Å². The fraction of sp³-hybridized carbons (Fsp3) is 0.419. The van der Waals surface area contributed by atoms with Gasteiger partial charge in [0.05, 0.1) is 0 Å². The van der Waals surface area contributed by atoms with E-state index >= 15 is 0 Å². The Bertz CT molecular complexity index is 1220. The lowest BCUT2D eigenvalue weighted by atomic mass is 9.96. The lowest BCUT2D eigenvalue weighted by Gasteiger charge is -2.40. The van der Waals surface area contributed by atoms with Gasteiger partial charge in [-0.3, -0.25) is 4.98 Å². The van der Waals surface area contributed by atoms with Gasteiger partial charge >= 0.3 is 6.09 Å². The first kappa shape index (κ1) is 26.6. The van der Waals surface area contributed by atoms with Crippen molar-refractivity contribution in [3.63, 3.8) is 0 Å². The second-order valence-corrected chi connectivity index (χ2v) is 11.1. The number of carbonyl (C=O) groups excluding carboxylic acids is 1. The van der Waals surface area contributed by atoms with Gasteiger partial charge < -0.3 is 14.5 Å². The van der Waals surface area contributed by atoms with Crippen molar-refractivity contribution in [2.45, 2.75) is 72.6 Å². The number of hydrogen-bond donors (Lipinski definition) is 0. The number of amides is 1. The second kappa shape index (κ2) is 10.9. The van der Waals surface area contributed by atoms with Crippen LogP contribution < -0.4 is 4.90 Å². The van der Waals surface area contributed by atoms with Crippen molar-refractivity contribution in [3.8, 4) is 11.1 Å². The molecule has 0 aliphatic carbocycles. The number of hydrogen-bond acceptors (Lipinski definition) is 4. The summed E-state index contributed by atoms with van der Waals surface area (Å²) in [7, 11) is 0. The Hall–Kier alpha value is -3.41. The first-order valence-corrected chi connectivity index (χ1v) is 13.0. The zero-order chi connectivity index (χ0) is 26.7. The van der Waals surface area contributed by atoms with Crippen LogP contribution in [0.4, 0.5) is 14.9 Å². The number of halogens is 1. The Morgan fingerprint density at radius 1 is 1.00 bits per heavy atom. The molecule has 0 bridgehead atoms. The molecule has 2 heterocycles. The fourth-order valence-electron chi connectivity index (χ4n) is 4.88. The molecule has 37 heavy (non-hydrogen) atoms. The molecule has 1 fully saturated rings. The zero-order valence-corrected chi connectivity index (χ0v) is 22.8. The second-order valence-electron chi connectivity index (χ2n) is 11.1. The van der Waals surface area contributed by atoms with Gasteiger partial charge in [-0.1, -0.05) is 12.1 Å². The summed E-state index contributed by atoms with van der Waals surface area (Å²) in [6.45, 7) is 14.0. The van der Waals surface area contributed by atoms with E-state index in [4.69, 9.17) is 4.74 Å². The lowest BCUT2D eigenvalue weighted by molar-refractivity contribution is 0.0204. The number of likely N-dealkylation sites (tertiary alicyclic amines) is 1. The van der Waals surface area contributed by atoms with Crippen molar-refractivity contribution < 1.29 is 13.9 Å². The van der Waals surface area contributed by atoms with Crippen LogP contribution in [-0.4, -0.2) is 40.7 Å². The Balaban J connectivity index is 1.56. The SMILES string of the molecule is Cc1cc(-c2cncc(CN(c3ccc(F)cc3)C3CCN(C(=O)OC(C)(C)C)CC3)c2)cc(C)c1C. The van der Waals surface area contributed by atoms with E-state index in [2.05, 4.69) is 48.9 Å². The van der Waals surface area contributed by atoms with Crippen LogP contribution in [0.3, 0.4) is 0 Å². The highest BCUT2D eigenvalue weighted by atomic mass is 19.1. The average Bonchev–Trinajstić information content (AvgIpc) is 2.85. The van der Waals surface area contributed by atoms with Crippen molar-refractivity contribution in [3.05, 3.63) is 82.9 Å². The number of pyridine rings is 1. The van der Waals surface area contributed by atoms with Crippen molar-refractivity contribution in [2.24, 2.45) is 0 Å². The van der Waals surface area contributed by atoms with Gasteiger partial charge in [0.25, 0.3) is 0 Å². The molecule has 1 amide bonds. The van der Waals surface area contributed by atoms with Crippen molar-refractivity contribution >= 4 is 11.8 Å². The molecular formula is C31H38FN3O2. The number of anilines is 1. The lowest BCUT2D eigenvalue weighted by Crippen LogP contribution is -2.48. The molecule has 3 aromatic rings. The molecule has 2 aromatic carbocycles. The molecule has 0 spiro atoms. The van der Waals surface area contributed by atoms with Crippen LogP contribution in [0.25, 0.3) is 11.1 Å². The fourth-order valence-corrected chi connectivity index (χ4v) is 4.88. The minimum Gasteiger partial charge on any atom is -0.444 e. The molecule has 196 valence electrons. The largest absolute Gasteiger partial charge is 0.444 e. The van der Waals surface area contributed by atoms with Crippen LogP contribution in [0.1, 0.15) is 55.9 Å². The van der Waals surface area contributed by atoms with E-state index in [-0.39, 0.29) is 18.0 Å². The predicted octanol–water partition coefficient (Wildman–Crippen LogP) is 7.22. The van der Waals surface area contributed by atoms with E-state index in [1.165, 1.54) is 28.8 Å². The van der Waals surface area contributed by atoms with Crippen LogP contribution in [0.2, 0.25) is 0 Å². The van der Waals surface area contributed by atoms with Gasteiger partial charge in [0.2, 0.25) is 0 Å². The van der Waals surface area contributed by atoms with Crippen LogP contribution >= 0.6 is 0 Å². The van der Waals surface area contributed by atoms with E-state index in [1.54, 1.807) is 4.90 Å². The molecule has 4 rings (SSSR count). The quantitative estimate of drug-likeness (QED) is 0.369. The molecule has 1 aliphatic rings. The van der Waals surface area contributed by atoms with E-state index < -0.39 is 5.60 Å². The maximum atomic E-state index is 13.7. The van der Waals surface area contributed by atoms with Crippen LogP contribution in [0.15, 0.2) is 54.9 Å². The molecule has 0 unspecified atom stereocenters.